The number of hydrogen-bond acceptors (Lipinski definition) is 3. The van der Waals surface area contributed by atoms with Crippen LogP contribution in [0.5, 0.6) is 0 Å². The quantitative estimate of drug-likeness (QED) is 0.656. The first-order valence-corrected chi connectivity index (χ1v) is 4.67. The van der Waals surface area contributed by atoms with E-state index in [1.165, 1.54) is 12.8 Å². The lowest BCUT2D eigenvalue weighted by Crippen LogP contribution is -2.44. The summed E-state index contributed by atoms with van der Waals surface area (Å²) in [6.07, 6.45) is 4.55. The molecule has 1 unspecified atom stereocenters. The fourth-order valence-corrected chi connectivity index (χ4v) is 1.57. The Morgan fingerprint density at radius 3 is 2.77 bits per heavy atom. The summed E-state index contributed by atoms with van der Waals surface area (Å²) in [6, 6.07) is 1.52. The van der Waals surface area contributed by atoms with Crippen LogP contribution in [-0.2, 0) is 4.79 Å². The maximum atomic E-state index is 11.3. The topological polar surface area (TPSA) is 78.9 Å². The normalized spacial score (nSPS) is 19.4. The molecule has 1 aliphatic rings. The number of amides is 1. The second kappa shape index (κ2) is 4.83. The molecular formula is C9H15N3O. The van der Waals surface area contributed by atoms with Crippen LogP contribution in [0, 0.1) is 11.3 Å². The highest BCUT2D eigenvalue weighted by molar-refractivity contribution is 5.82. The Kier molecular flexibility index (Phi) is 3.71. The molecule has 0 radical (unpaired) electrons. The lowest BCUT2D eigenvalue weighted by molar-refractivity contribution is -0.122. The van der Waals surface area contributed by atoms with Gasteiger partial charge in [0.25, 0.3) is 0 Å². The second-order valence-corrected chi connectivity index (χ2v) is 3.46. The molecule has 4 heteroatoms. The van der Waals surface area contributed by atoms with Gasteiger partial charge in [-0.25, -0.2) is 0 Å². The highest BCUT2D eigenvalue weighted by atomic mass is 16.2. The summed E-state index contributed by atoms with van der Waals surface area (Å²) in [5.74, 6) is -0.187. The van der Waals surface area contributed by atoms with Crippen molar-refractivity contribution in [3.8, 4) is 6.07 Å². The molecule has 4 nitrogen and oxygen atoms in total. The molecule has 1 aliphatic carbocycles. The van der Waals surface area contributed by atoms with Gasteiger partial charge >= 0.3 is 0 Å². The Balaban J connectivity index is 2.27. The first kappa shape index (κ1) is 10.0. The van der Waals surface area contributed by atoms with E-state index in [0.29, 0.717) is 0 Å². The zero-order valence-electron chi connectivity index (χ0n) is 7.62. The number of hydrogen-bond donors (Lipinski definition) is 2. The summed E-state index contributed by atoms with van der Waals surface area (Å²) < 4.78 is 0. The van der Waals surface area contributed by atoms with Crippen LogP contribution in [0.2, 0.25) is 0 Å². The molecule has 0 aromatic rings. The number of nitrogens with one attached hydrogen (secondary N) is 1. The van der Waals surface area contributed by atoms with Gasteiger partial charge in [0.2, 0.25) is 5.91 Å². The van der Waals surface area contributed by atoms with Gasteiger partial charge in [0.1, 0.15) is 0 Å². The summed E-state index contributed by atoms with van der Waals surface area (Å²) in [7, 11) is 0. The van der Waals surface area contributed by atoms with E-state index in [1.54, 1.807) is 0 Å². The molecule has 1 fully saturated rings. The number of nitriles is 1. The van der Waals surface area contributed by atoms with Crippen LogP contribution in [0.15, 0.2) is 0 Å². The summed E-state index contributed by atoms with van der Waals surface area (Å²) in [4.78, 5) is 11.3. The van der Waals surface area contributed by atoms with Gasteiger partial charge in [0.15, 0.2) is 0 Å². The third kappa shape index (κ3) is 3.03. The maximum Gasteiger partial charge on any atom is 0.238 e. The number of rotatable bonds is 3. The summed E-state index contributed by atoms with van der Waals surface area (Å²) in [5, 5.41) is 11.2. The van der Waals surface area contributed by atoms with E-state index in [2.05, 4.69) is 5.32 Å². The Morgan fingerprint density at radius 1 is 1.62 bits per heavy atom. The molecule has 13 heavy (non-hydrogen) atoms. The fraction of sp³-hybridized carbons (Fsp3) is 0.778. The molecular weight excluding hydrogens is 166 g/mol. The molecule has 0 aliphatic heterocycles. The summed E-state index contributed by atoms with van der Waals surface area (Å²) in [5.41, 5.74) is 5.47. The Bertz CT molecular complexity index is 215. The van der Waals surface area contributed by atoms with Crippen molar-refractivity contribution in [1.29, 1.82) is 5.26 Å². The van der Waals surface area contributed by atoms with Crippen molar-refractivity contribution >= 4 is 5.91 Å². The van der Waals surface area contributed by atoms with Crippen molar-refractivity contribution < 1.29 is 4.79 Å². The zero-order valence-corrected chi connectivity index (χ0v) is 7.62. The van der Waals surface area contributed by atoms with Crippen molar-refractivity contribution in [3.05, 3.63) is 0 Å². The molecule has 0 bridgehead atoms. The number of nitrogens with two attached hydrogens (primary N) is 1. The van der Waals surface area contributed by atoms with Crippen LogP contribution >= 0.6 is 0 Å². The molecule has 0 heterocycles. The second-order valence-electron chi connectivity index (χ2n) is 3.46. The lowest BCUT2D eigenvalue weighted by atomic mass is 10.2. The minimum absolute atomic E-state index is 0.0958. The van der Waals surface area contributed by atoms with Crippen LogP contribution in [-0.4, -0.2) is 18.0 Å². The van der Waals surface area contributed by atoms with Crippen LogP contribution in [0.1, 0.15) is 32.1 Å². The van der Waals surface area contributed by atoms with E-state index in [0.717, 1.165) is 12.8 Å². The predicted octanol–water partition coefficient (Wildman–Crippen LogP) is 0.286. The van der Waals surface area contributed by atoms with E-state index in [1.807, 2.05) is 6.07 Å². The van der Waals surface area contributed by atoms with Gasteiger partial charge in [-0.2, -0.15) is 5.26 Å². The van der Waals surface area contributed by atoms with Gasteiger partial charge in [-0.15, -0.1) is 0 Å². The smallest absolute Gasteiger partial charge is 0.238 e. The van der Waals surface area contributed by atoms with Crippen LogP contribution in [0.4, 0.5) is 0 Å². The van der Waals surface area contributed by atoms with Crippen molar-refractivity contribution in [1.82, 2.24) is 5.32 Å². The first-order chi connectivity index (χ1) is 6.24. The van der Waals surface area contributed by atoms with Crippen molar-refractivity contribution in [2.24, 2.45) is 5.73 Å². The molecule has 72 valence electrons. The van der Waals surface area contributed by atoms with Gasteiger partial charge in [-0.3, -0.25) is 4.79 Å². The SMILES string of the molecule is N#CCC(N)C(=O)NC1CCCC1. The Hall–Kier alpha value is -1.08. The monoisotopic (exact) mass is 181 g/mol. The van der Waals surface area contributed by atoms with Crippen LogP contribution in [0.3, 0.4) is 0 Å². The minimum Gasteiger partial charge on any atom is -0.352 e. The van der Waals surface area contributed by atoms with Crippen molar-refractivity contribution in [3.63, 3.8) is 0 Å². The van der Waals surface area contributed by atoms with Crippen LogP contribution in [0.25, 0.3) is 0 Å². The number of nitrogens with zero attached hydrogens (tertiary/aromatic N) is 1. The first-order valence-electron chi connectivity index (χ1n) is 4.67. The molecule has 1 atom stereocenters. The van der Waals surface area contributed by atoms with Gasteiger partial charge in [-0.05, 0) is 12.8 Å². The van der Waals surface area contributed by atoms with E-state index in [9.17, 15) is 4.79 Å². The van der Waals surface area contributed by atoms with E-state index in [-0.39, 0.29) is 18.4 Å². The van der Waals surface area contributed by atoms with Crippen molar-refractivity contribution in [2.75, 3.05) is 0 Å². The van der Waals surface area contributed by atoms with Gasteiger partial charge < -0.3 is 11.1 Å². The number of carbonyl (C=O) groups excluding carboxylic acids is 1. The fourth-order valence-electron chi connectivity index (χ4n) is 1.57. The summed E-state index contributed by atoms with van der Waals surface area (Å²) >= 11 is 0. The van der Waals surface area contributed by atoms with Gasteiger partial charge in [0.05, 0.1) is 18.5 Å². The van der Waals surface area contributed by atoms with Crippen LogP contribution < -0.4 is 11.1 Å². The van der Waals surface area contributed by atoms with E-state index in [4.69, 9.17) is 11.0 Å². The molecule has 1 saturated carbocycles. The molecule has 1 rings (SSSR count). The third-order valence-corrected chi connectivity index (χ3v) is 2.35. The standard InChI is InChI=1S/C9H15N3O/c10-6-5-8(11)9(13)12-7-3-1-2-4-7/h7-8H,1-5,11H2,(H,12,13). The summed E-state index contributed by atoms with van der Waals surface area (Å²) in [6.45, 7) is 0. The molecule has 0 spiro atoms. The lowest BCUT2D eigenvalue weighted by Gasteiger charge is -2.14. The molecule has 0 aromatic carbocycles. The van der Waals surface area contributed by atoms with Gasteiger partial charge in [-0.1, -0.05) is 12.8 Å². The molecule has 3 N–H and O–H groups in total. The van der Waals surface area contributed by atoms with Gasteiger partial charge in [0, 0.05) is 6.04 Å². The zero-order chi connectivity index (χ0) is 9.68. The predicted molar refractivity (Wildman–Crippen MR) is 48.6 cm³/mol. The largest absolute Gasteiger partial charge is 0.352 e. The highest BCUT2D eigenvalue weighted by Gasteiger charge is 2.20. The maximum absolute atomic E-state index is 11.3. The molecule has 0 saturated heterocycles. The van der Waals surface area contributed by atoms with Crippen molar-refractivity contribution in [2.45, 2.75) is 44.2 Å². The number of carbonyl (C=O) groups is 1. The highest BCUT2D eigenvalue weighted by Crippen LogP contribution is 2.17. The Morgan fingerprint density at radius 2 is 2.23 bits per heavy atom. The average Bonchev–Trinajstić information content (AvgIpc) is 2.57. The molecule has 1 amide bonds. The van der Waals surface area contributed by atoms with E-state index >= 15 is 0 Å². The van der Waals surface area contributed by atoms with E-state index < -0.39 is 6.04 Å². The average molecular weight is 181 g/mol. The Labute approximate surface area is 78.1 Å². The third-order valence-electron chi connectivity index (χ3n) is 2.35. The minimum atomic E-state index is -0.661. The molecule has 0 aromatic heterocycles.